The summed E-state index contributed by atoms with van der Waals surface area (Å²) in [6, 6.07) is 7.54. The molecule has 0 radical (unpaired) electrons. The molecule has 0 spiro atoms. The largest absolute Gasteiger partial charge is 0.495 e. The Morgan fingerprint density at radius 3 is 1.71 bits per heavy atom. The Bertz CT molecular complexity index is 1210. The Morgan fingerprint density at radius 2 is 1.16 bits per heavy atom. The van der Waals surface area contributed by atoms with E-state index in [1.807, 2.05) is 24.3 Å². The Morgan fingerprint density at radius 1 is 0.710 bits per heavy atom. The molecule has 10 heteroatoms. The summed E-state index contributed by atoms with van der Waals surface area (Å²) in [6.07, 6.45) is 0. The molecule has 2 aromatic carbocycles. The minimum atomic E-state index is 0.704. The molecule has 0 N–H and O–H groups in total. The average Bonchev–Trinajstić information content (AvgIpc) is 3.45. The van der Waals surface area contributed by atoms with Crippen LogP contribution in [0.15, 0.2) is 24.3 Å². The number of ether oxygens (including phenoxy) is 3. The fourth-order valence-corrected chi connectivity index (χ4v) is 6.17. The van der Waals surface area contributed by atoms with Crippen LogP contribution in [0.3, 0.4) is 0 Å². The van der Waals surface area contributed by atoms with Crippen molar-refractivity contribution in [1.29, 1.82) is 0 Å². The number of hydrogen-bond acceptors (Lipinski definition) is 9. The van der Waals surface area contributed by atoms with Crippen LogP contribution in [0.2, 0.25) is 5.02 Å². The molecular weight excluding hydrogens is 456 g/mol. The van der Waals surface area contributed by atoms with E-state index in [0.29, 0.717) is 5.02 Å². The van der Waals surface area contributed by atoms with Crippen molar-refractivity contribution in [2.75, 3.05) is 57.3 Å². The highest BCUT2D eigenvalue weighted by Gasteiger charge is 2.24. The Kier molecular flexibility index (Phi) is 5.41. The minimum absolute atomic E-state index is 0.704. The summed E-state index contributed by atoms with van der Waals surface area (Å²) in [5.41, 5.74) is 1.67. The number of thiazole rings is 2. The fourth-order valence-electron chi connectivity index (χ4n) is 3.74. The standard InChI is InChI=1S/C21H21ClN4O3S2/c1-27-13-5-4-12(22)18-16(13)23-20(30-18)25-8-10-26(11-9-25)21-24-17-14(28-2)6-7-15(29-3)19(17)31-21/h4-7H,8-11H2,1-3H3. The predicted octanol–water partition coefficient (Wildman–Crippen LogP) is 4.91. The number of nitrogens with zero attached hydrogens (tertiary/aromatic N) is 4. The number of rotatable bonds is 5. The first kappa shape index (κ1) is 20.4. The molecule has 162 valence electrons. The second-order valence-electron chi connectivity index (χ2n) is 7.04. The number of fused-ring (bicyclic) bond motifs is 2. The quantitative estimate of drug-likeness (QED) is 0.405. The number of halogens is 1. The first-order chi connectivity index (χ1) is 15.1. The number of benzene rings is 2. The van der Waals surface area contributed by atoms with Gasteiger partial charge in [0.2, 0.25) is 0 Å². The molecule has 1 aliphatic rings. The second kappa shape index (κ2) is 8.22. The Labute approximate surface area is 192 Å². The molecule has 1 fully saturated rings. The van der Waals surface area contributed by atoms with Crippen LogP contribution in [0.1, 0.15) is 0 Å². The molecule has 4 aromatic rings. The maximum Gasteiger partial charge on any atom is 0.186 e. The molecule has 0 atom stereocenters. The van der Waals surface area contributed by atoms with Crippen LogP contribution in [0, 0.1) is 0 Å². The van der Waals surface area contributed by atoms with Crippen LogP contribution in [-0.2, 0) is 0 Å². The van der Waals surface area contributed by atoms with Crippen molar-refractivity contribution in [3.8, 4) is 17.2 Å². The summed E-state index contributed by atoms with van der Waals surface area (Å²) in [7, 11) is 5.00. The van der Waals surface area contributed by atoms with Gasteiger partial charge in [-0.05, 0) is 24.3 Å². The van der Waals surface area contributed by atoms with Crippen LogP contribution >= 0.6 is 34.3 Å². The lowest BCUT2D eigenvalue weighted by Crippen LogP contribution is -2.46. The molecule has 1 saturated heterocycles. The molecule has 0 unspecified atom stereocenters. The molecule has 5 rings (SSSR count). The van der Waals surface area contributed by atoms with Crippen LogP contribution in [0.5, 0.6) is 17.2 Å². The zero-order valence-electron chi connectivity index (χ0n) is 17.3. The summed E-state index contributed by atoms with van der Waals surface area (Å²) in [5, 5.41) is 2.65. The molecule has 0 amide bonds. The number of piperazine rings is 1. The van der Waals surface area contributed by atoms with E-state index in [9.17, 15) is 0 Å². The van der Waals surface area contributed by atoms with Gasteiger partial charge in [0.05, 0.1) is 31.1 Å². The first-order valence-electron chi connectivity index (χ1n) is 9.77. The zero-order chi connectivity index (χ0) is 21.5. The molecule has 2 aromatic heterocycles. The van der Waals surface area contributed by atoms with E-state index in [1.165, 1.54) is 0 Å². The molecule has 0 saturated carbocycles. The maximum atomic E-state index is 6.39. The van der Waals surface area contributed by atoms with Gasteiger partial charge in [0.15, 0.2) is 10.3 Å². The van der Waals surface area contributed by atoms with Gasteiger partial charge in [-0.1, -0.05) is 34.3 Å². The molecule has 1 aliphatic heterocycles. The van der Waals surface area contributed by atoms with E-state index in [-0.39, 0.29) is 0 Å². The molecule has 7 nitrogen and oxygen atoms in total. The smallest absolute Gasteiger partial charge is 0.186 e. The van der Waals surface area contributed by atoms with Gasteiger partial charge in [0.25, 0.3) is 0 Å². The van der Waals surface area contributed by atoms with Crippen LogP contribution in [-0.4, -0.2) is 57.5 Å². The van der Waals surface area contributed by atoms with Crippen molar-refractivity contribution in [2.24, 2.45) is 0 Å². The monoisotopic (exact) mass is 476 g/mol. The third-order valence-corrected chi connectivity index (χ3v) is 8.09. The Hall–Kier alpha value is -2.49. The number of hydrogen-bond donors (Lipinski definition) is 0. The van der Waals surface area contributed by atoms with Crippen LogP contribution in [0.4, 0.5) is 10.3 Å². The SMILES string of the molecule is COc1ccc(Cl)c2sc(N3CCN(c4nc5c(OC)ccc(OC)c5s4)CC3)nc12. The lowest BCUT2D eigenvalue weighted by molar-refractivity contribution is 0.410. The van der Waals surface area contributed by atoms with Crippen molar-refractivity contribution in [3.05, 3.63) is 29.3 Å². The van der Waals surface area contributed by atoms with Crippen molar-refractivity contribution in [1.82, 2.24) is 9.97 Å². The van der Waals surface area contributed by atoms with Crippen molar-refractivity contribution in [2.45, 2.75) is 0 Å². The maximum absolute atomic E-state index is 6.39. The van der Waals surface area contributed by atoms with E-state index < -0.39 is 0 Å². The van der Waals surface area contributed by atoms with Gasteiger partial charge in [0, 0.05) is 26.2 Å². The lowest BCUT2D eigenvalue weighted by atomic mass is 10.3. The van der Waals surface area contributed by atoms with Crippen molar-refractivity contribution >= 4 is 65.0 Å². The summed E-state index contributed by atoms with van der Waals surface area (Å²) < 4.78 is 18.4. The summed E-state index contributed by atoms with van der Waals surface area (Å²) >= 11 is 9.64. The highest BCUT2D eigenvalue weighted by Crippen LogP contribution is 2.41. The Balaban J connectivity index is 1.38. The topological polar surface area (TPSA) is 60.0 Å². The number of methoxy groups -OCH3 is 3. The van der Waals surface area contributed by atoms with Gasteiger partial charge in [0.1, 0.15) is 33.0 Å². The van der Waals surface area contributed by atoms with Gasteiger partial charge in [-0.3, -0.25) is 0 Å². The zero-order valence-corrected chi connectivity index (χ0v) is 19.7. The highest BCUT2D eigenvalue weighted by molar-refractivity contribution is 7.23. The predicted molar refractivity (Wildman–Crippen MR) is 128 cm³/mol. The minimum Gasteiger partial charge on any atom is -0.495 e. The number of anilines is 2. The van der Waals surface area contributed by atoms with Gasteiger partial charge in [-0.2, -0.15) is 0 Å². The second-order valence-corrected chi connectivity index (χ2v) is 9.40. The molecule has 3 heterocycles. The number of aromatic nitrogens is 2. The van der Waals surface area contributed by atoms with Crippen molar-refractivity contribution in [3.63, 3.8) is 0 Å². The summed E-state index contributed by atoms with van der Waals surface area (Å²) in [6.45, 7) is 3.41. The van der Waals surface area contributed by atoms with E-state index in [1.54, 1.807) is 44.0 Å². The lowest BCUT2D eigenvalue weighted by Gasteiger charge is -2.34. The summed E-state index contributed by atoms with van der Waals surface area (Å²) in [5.74, 6) is 2.33. The van der Waals surface area contributed by atoms with Gasteiger partial charge in [-0.25, -0.2) is 9.97 Å². The third kappa shape index (κ3) is 3.50. The van der Waals surface area contributed by atoms with E-state index in [4.69, 9.17) is 35.8 Å². The van der Waals surface area contributed by atoms with Gasteiger partial charge in [-0.15, -0.1) is 0 Å². The van der Waals surface area contributed by atoms with Crippen molar-refractivity contribution < 1.29 is 14.2 Å². The molecule has 0 aliphatic carbocycles. The van der Waals surface area contributed by atoms with Gasteiger partial charge >= 0.3 is 0 Å². The van der Waals surface area contributed by atoms with E-state index in [0.717, 1.165) is 74.1 Å². The highest BCUT2D eigenvalue weighted by atomic mass is 35.5. The average molecular weight is 477 g/mol. The molecule has 0 bridgehead atoms. The van der Waals surface area contributed by atoms with E-state index >= 15 is 0 Å². The van der Waals surface area contributed by atoms with E-state index in [2.05, 4.69) is 9.80 Å². The molecular formula is C21H21ClN4O3S2. The summed E-state index contributed by atoms with van der Waals surface area (Å²) in [4.78, 5) is 14.3. The van der Waals surface area contributed by atoms with Crippen LogP contribution in [0.25, 0.3) is 20.4 Å². The molecule has 31 heavy (non-hydrogen) atoms. The van der Waals surface area contributed by atoms with Gasteiger partial charge < -0.3 is 24.0 Å². The fraction of sp³-hybridized carbons (Fsp3) is 0.333. The normalized spacial score (nSPS) is 14.5. The third-order valence-electron chi connectivity index (χ3n) is 5.39. The first-order valence-corrected chi connectivity index (χ1v) is 11.8. The van der Waals surface area contributed by atoms with Crippen LogP contribution < -0.4 is 24.0 Å².